The average Bonchev–Trinajstić information content (AvgIpc) is 2.47. The summed E-state index contributed by atoms with van der Waals surface area (Å²) in [4.78, 5) is 12.2. The van der Waals surface area contributed by atoms with E-state index in [1.165, 1.54) is 0 Å². The molecule has 0 amide bonds. The van der Waals surface area contributed by atoms with Gasteiger partial charge in [0.1, 0.15) is 6.10 Å². The van der Waals surface area contributed by atoms with Crippen LogP contribution in [0, 0.1) is 0 Å². The lowest BCUT2D eigenvalue weighted by molar-refractivity contribution is -0.0719. The largest absolute Gasteiger partial charge is 0.376 e. The highest BCUT2D eigenvalue weighted by Crippen LogP contribution is 2.18. The number of fused-ring (bicyclic) bond motifs is 1. The number of ketones is 1. The maximum absolute atomic E-state index is 12.2. The molecule has 0 aliphatic carbocycles. The van der Waals surface area contributed by atoms with Gasteiger partial charge in [-0.3, -0.25) is 4.79 Å². The number of hydrogen-bond acceptors (Lipinski definition) is 3. The number of carbonyl (C=O) groups is 1. The van der Waals surface area contributed by atoms with Crippen LogP contribution < -0.4 is 0 Å². The van der Waals surface area contributed by atoms with Crippen LogP contribution in [0.15, 0.2) is 42.5 Å². The summed E-state index contributed by atoms with van der Waals surface area (Å²) in [6, 6.07) is 13.7. The Bertz CT molecular complexity index is 571. The fourth-order valence-electron chi connectivity index (χ4n) is 2.17. The second-order valence-corrected chi connectivity index (χ2v) is 4.36. The van der Waals surface area contributed by atoms with Crippen LogP contribution >= 0.6 is 0 Å². The first-order valence-corrected chi connectivity index (χ1v) is 6.07. The zero-order valence-corrected chi connectivity index (χ0v) is 9.96. The van der Waals surface area contributed by atoms with Gasteiger partial charge in [-0.05, 0) is 16.8 Å². The summed E-state index contributed by atoms with van der Waals surface area (Å²) >= 11 is 0. The van der Waals surface area contributed by atoms with E-state index in [2.05, 4.69) is 0 Å². The first-order chi connectivity index (χ1) is 8.84. The molecule has 1 saturated heterocycles. The van der Waals surface area contributed by atoms with E-state index in [9.17, 15) is 4.79 Å². The average molecular weight is 242 g/mol. The summed E-state index contributed by atoms with van der Waals surface area (Å²) in [5, 5.41) is 2.20. The van der Waals surface area contributed by atoms with Gasteiger partial charge in [-0.15, -0.1) is 0 Å². The highest BCUT2D eigenvalue weighted by atomic mass is 16.6. The van der Waals surface area contributed by atoms with Crippen molar-refractivity contribution in [2.75, 3.05) is 19.8 Å². The lowest BCUT2D eigenvalue weighted by atomic mass is 10.0. The Labute approximate surface area is 105 Å². The van der Waals surface area contributed by atoms with Crippen molar-refractivity contribution in [1.82, 2.24) is 0 Å². The number of Topliss-reactive ketones (excluding diaryl/α,β-unsaturated/α-hetero) is 1. The molecule has 1 aliphatic rings. The van der Waals surface area contributed by atoms with E-state index in [1.54, 1.807) is 0 Å². The van der Waals surface area contributed by atoms with Crippen LogP contribution in [-0.2, 0) is 9.47 Å². The molecule has 1 heterocycles. The summed E-state index contributed by atoms with van der Waals surface area (Å²) in [5.41, 5.74) is 0.684. The smallest absolute Gasteiger partial charge is 0.193 e. The van der Waals surface area contributed by atoms with E-state index in [0.717, 1.165) is 10.8 Å². The number of carbonyl (C=O) groups excluding carboxylic acids is 1. The van der Waals surface area contributed by atoms with Crippen molar-refractivity contribution < 1.29 is 14.3 Å². The highest BCUT2D eigenvalue weighted by molar-refractivity contribution is 6.02. The fourth-order valence-corrected chi connectivity index (χ4v) is 2.17. The van der Waals surface area contributed by atoms with Crippen molar-refractivity contribution in [3.05, 3.63) is 48.0 Å². The molecule has 0 aromatic heterocycles. The Morgan fingerprint density at radius 1 is 1.06 bits per heavy atom. The molecule has 92 valence electrons. The van der Waals surface area contributed by atoms with Gasteiger partial charge in [0.2, 0.25) is 0 Å². The molecule has 0 N–H and O–H groups in total. The molecule has 0 radical (unpaired) electrons. The fraction of sp³-hybridized carbons (Fsp3) is 0.267. The van der Waals surface area contributed by atoms with E-state index in [-0.39, 0.29) is 5.78 Å². The van der Waals surface area contributed by atoms with E-state index in [4.69, 9.17) is 9.47 Å². The molecule has 2 aromatic carbocycles. The summed E-state index contributed by atoms with van der Waals surface area (Å²) < 4.78 is 10.7. The summed E-state index contributed by atoms with van der Waals surface area (Å²) in [6.07, 6.45) is -0.458. The summed E-state index contributed by atoms with van der Waals surface area (Å²) in [6.45, 7) is 1.41. The topological polar surface area (TPSA) is 35.5 Å². The van der Waals surface area contributed by atoms with Gasteiger partial charge in [-0.1, -0.05) is 36.4 Å². The van der Waals surface area contributed by atoms with Gasteiger partial charge in [0.15, 0.2) is 5.78 Å². The van der Waals surface area contributed by atoms with Gasteiger partial charge >= 0.3 is 0 Å². The highest BCUT2D eigenvalue weighted by Gasteiger charge is 2.23. The van der Waals surface area contributed by atoms with E-state index in [1.807, 2.05) is 42.5 Å². The van der Waals surface area contributed by atoms with Gasteiger partial charge in [0.05, 0.1) is 19.8 Å². The zero-order chi connectivity index (χ0) is 12.4. The molecule has 2 aromatic rings. The van der Waals surface area contributed by atoms with Crippen molar-refractivity contribution >= 4 is 16.6 Å². The molecule has 3 rings (SSSR count). The standard InChI is InChI=1S/C15H14O3/c16-15(14-10-17-7-8-18-14)13-6-5-11-3-1-2-4-12(11)9-13/h1-6,9,14H,7-8,10H2. The quantitative estimate of drug-likeness (QED) is 0.759. The van der Waals surface area contributed by atoms with Gasteiger partial charge in [0, 0.05) is 5.56 Å². The normalized spacial score (nSPS) is 19.9. The van der Waals surface area contributed by atoms with Gasteiger partial charge in [-0.2, -0.15) is 0 Å². The van der Waals surface area contributed by atoms with Crippen molar-refractivity contribution in [2.45, 2.75) is 6.10 Å². The van der Waals surface area contributed by atoms with Gasteiger partial charge in [-0.25, -0.2) is 0 Å². The summed E-state index contributed by atoms with van der Waals surface area (Å²) in [7, 11) is 0. The van der Waals surface area contributed by atoms with Crippen molar-refractivity contribution in [3.8, 4) is 0 Å². The predicted octanol–water partition coefficient (Wildman–Crippen LogP) is 2.44. The van der Waals surface area contributed by atoms with Crippen LogP contribution in [0.25, 0.3) is 10.8 Å². The van der Waals surface area contributed by atoms with Crippen molar-refractivity contribution in [3.63, 3.8) is 0 Å². The second kappa shape index (κ2) is 4.88. The third kappa shape index (κ3) is 2.15. The zero-order valence-electron chi connectivity index (χ0n) is 9.96. The monoisotopic (exact) mass is 242 g/mol. The molecule has 1 aliphatic heterocycles. The molecule has 1 atom stereocenters. The maximum Gasteiger partial charge on any atom is 0.193 e. The molecule has 3 nitrogen and oxygen atoms in total. The number of rotatable bonds is 2. The van der Waals surface area contributed by atoms with E-state index < -0.39 is 6.10 Å². The third-order valence-corrected chi connectivity index (χ3v) is 3.14. The minimum absolute atomic E-state index is 0.000420. The predicted molar refractivity (Wildman–Crippen MR) is 68.8 cm³/mol. The Kier molecular flexibility index (Phi) is 3.09. The Balaban J connectivity index is 1.91. The molecule has 0 saturated carbocycles. The van der Waals surface area contributed by atoms with Crippen LogP contribution in [-0.4, -0.2) is 31.7 Å². The molecular weight excluding hydrogens is 228 g/mol. The molecule has 1 fully saturated rings. The lowest BCUT2D eigenvalue weighted by Crippen LogP contribution is -2.35. The second-order valence-electron chi connectivity index (χ2n) is 4.36. The van der Waals surface area contributed by atoms with Gasteiger partial charge in [0.25, 0.3) is 0 Å². The van der Waals surface area contributed by atoms with E-state index >= 15 is 0 Å². The van der Waals surface area contributed by atoms with Crippen LogP contribution in [0.5, 0.6) is 0 Å². The van der Waals surface area contributed by atoms with Gasteiger partial charge < -0.3 is 9.47 Å². The number of hydrogen-bond donors (Lipinski definition) is 0. The molecule has 3 heteroatoms. The maximum atomic E-state index is 12.2. The minimum Gasteiger partial charge on any atom is -0.376 e. The van der Waals surface area contributed by atoms with Crippen LogP contribution in [0.1, 0.15) is 10.4 Å². The van der Waals surface area contributed by atoms with E-state index in [0.29, 0.717) is 25.4 Å². The first-order valence-electron chi connectivity index (χ1n) is 6.07. The minimum atomic E-state index is -0.458. The van der Waals surface area contributed by atoms with Crippen LogP contribution in [0.2, 0.25) is 0 Å². The van der Waals surface area contributed by atoms with Crippen LogP contribution in [0.3, 0.4) is 0 Å². The molecule has 0 spiro atoms. The third-order valence-electron chi connectivity index (χ3n) is 3.14. The molecule has 18 heavy (non-hydrogen) atoms. The molecular formula is C15H14O3. The molecule has 1 unspecified atom stereocenters. The lowest BCUT2D eigenvalue weighted by Gasteiger charge is -2.21. The Morgan fingerprint density at radius 2 is 1.89 bits per heavy atom. The number of ether oxygens (including phenoxy) is 2. The Hall–Kier alpha value is -1.71. The first kappa shape index (κ1) is 11.4. The van der Waals surface area contributed by atoms with Crippen molar-refractivity contribution in [1.29, 1.82) is 0 Å². The number of benzene rings is 2. The van der Waals surface area contributed by atoms with Crippen LogP contribution in [0.4, 0.5) is 0 Å². The Morgan fingerprint density at radius 3 is 2.67 bits per heavy atom. The summed E-state index contributed by atoms with van der Waals surface area (Å²) in [5.74, 6) is 0.000420. The van der Waals surface area contributed by atoms with Crippen molar-refractivity contribution in [2.24, 2.45) is 0 Å². The SMILES string of the molecule is O=C(c1ccc2ccccc2c1)C1COCCO1. The molecule has 0 bridgehead atoms.